The monoisotopic (exact) mass is 241 g/mol. The maximum Gasteiger partial charge on any atom is 0.328 e. The molecule has 2 aromatic heterocycles. The van der Waals surface area contributed by atoms with E-state index < -0.39 is 21.1 Å². The normalized spacial score (nSPS) is 11.6. The summed E-state index contributed by atoms with van der Waals surface area (Å²) in [5.41, 5.74) is 0.0452. The lowest BCUT2D eigenvalue weighted by Gasteiger charge is -1.95. The summed E-state index contributed by atoms with van der Waals surface area (Å²) in [5.74, 6) is -0.441. The van der Waals surface area contributed by atoms with Crippen LogP contribution in [-0.4, -0.2) is 23.4 Å². The van der Waals surface area contributed by atoms with Gasteiger partial charge in [-0.05, 0) is 12.1 Å². The summed E-state index contributed by atoms with van der Waals surface area (Å²) in [6, 6.07) is 4.28. The molecule has 0 unspecified atom stereocenters. The fourth-order valence-corrected chi connectivity index (χ4v) is 1.63. The quantitative estimate of drug-likeness (QED) is 0.792. The van der Waals surface area contributed by atoms with Crippen molar-refractivity contribution in [2.45, 2.75) is 5.09 Å². The molecule has 1 N–H and O–H groups in total. The summed E-state index contributed by atoms with van der Waals surface area (Å²) in [6.07, 6.45) is 4.01. The summed E-state index contributed by atoms with van der Waals surface area (Å²) in [4.78, 5) is 11.7. The molecule has 2 aromatic rings. The average Bonchev–Trinajstić information content (AvgIpc) is 2.87. The van der Waals surface area contributed by atoms with Gasteiger partial charge in [-0.25, -0.2) is 0 Å². The van der Waals surface area contributed by atoms with E-state index in [2.05, 4.69) is 4.42 Å². The summed E-state index contributed by atoms with van der Waals surface area (Å²) < 4.78 is 35.9. The molecule has 0 amide bonds. The second-order valence-corrected chi connectivity index (χ2v) is 4.38. The van der Waals surface area contributed by atoms with E-state index >= 15 is 0 Å². The second-order valence-electron chi connectivity index (χ2n) is 3.02. The van der Waals surface area contributed by atoms with Gasteiger partial charge in [0.1, 0.15) is 6.26 Å². The Labute approximate surface area is 90.9 Å². The molecular formula is C9H7NO5S. The molecule has 0 aromatic carbocycles. The van der Waals surface area contributed by atoms with Crippen molar-refractivity contribution in [3.63, 3.8) is 0 Å². The van der Waals surface area contributed by atoms with Crippen LogP contribution in [0.15, 0.2) is 46.4 Å². The first-order chi connectivity index (χ1) is 7.48. The molecule has 0 fully saturated rings. The van der Waals surface area contributed by atoms with E-state index in [0.29, 0.717) is 0 Å². The van der Waals surface area contributed by atoms with Crippen LogP contribution in [0.3, 0.4) is 0 Å². The van der Waals surface area contributed by atoms with Gasteiger partial charge in [0.15, 0.2) is 0 Å². The fraction of sp³-hybridized carbons (Fsp3) is 0. The lowest BCUT2D eigenvalue weighted by atomic mass is 10.3. The van der Waals surface area contributed by atoms with Crippen LogP contribution in [0.25, 0.3) is 0 Å². The molecule has 0 atom stereocenters. The molecule has 0 aliphatic heterocycles. The van der Waals surface area contributed by atoms with Gasteiger partial charge in [-0.3, -0.25) is 13.9 Å². The molecule has 0 saturated carbocycles. The Morgan fingerprint density at radius 2 is 1.94 bits per heavy atom. The highest BCUT2D eigenvalue weighted by Crippen LogP contribution is 2.14. The molecular weight excluding hydrogens is 234 g/mol. The van der Waals surface area contributed by atoms with Crippen molar-refractivity contribution in [3.05, 3.63) is 42.4 Å². The third-order valence-electron chi connectivity index (χ3n) is 1.92. The minimum absolute atomic E-state index is 0.0452. The highest BCUT2D eigenvalue weighted by molar-refractivity contribution is 7.85. The van der Waals surface area contributed by atoms with Crippen molar-refractivity contribution >= 4 is 16.0 Å². The number of carbonyl (C=O) groups excluding carboxylic acids is 1. The van der Waals surface area contributed by atoms with Gasteiger partial charge in [0, 0.05) is 18.5 Å². The fourth-order valence-electron chi connectivity index (χ4n) is 1.18. The number of nitrogens with zero attached hydrogens (tertiary/aromatic N) is 1. The van der Waals surface area contributed by atoms with E-state index in [9.17, 15) is 13.2 Å². The van der Waals surface area contributed by atoms with Crippen molar-refractivity contribution in [1.29, 1.82) is 0 Å². The Bertz CT molecular complexity index is 608. The zero-order chi connectivity index (χ0) is 11.8. The topological polar surface area (TPSA) is 89.5 Å². The molecule has 84 valence electrons. The summed E-state index contributed by atoms with van der Waals surface area (Å²) in [6.45, 7) is 0. The number of aromatic nitrogens is 1. The van der Waals surface area contributed by atoms with Crippen molar-refractivity contribution in [3.8, 4) is 0 Å². The van der Waals surface area contributed by atoms with E-state index in [1.807, 2.05) is 0 Å². The van der Waals surface area contributed by atoms with Gasteiger partial charge in [0.05, 0.1) is 5.56 Å². The number of hydrogen-bond donors (Lipinski definition) is 1. The zero-order valence-corrected chi connectivity index (χ0v) is 8.72. The van der Waals surface area contributed by atoms with Crippen molar-refractivity contribution in [2.75, 3.05) is 0 Å². The molecule has 0 spiro atoms. The highest BCUT2D eigenvalue weighted by Gasteiger charge is 2.18. The van der Waals surface area contributed by atoms with Crippen LogP contribution in [0.1, 0.15) is 10.4 Å². The molecule has 2 heterocycles. The molecule has 7 heteroatoms. The lowest BCUT2D eigenvalue weighted by Crippen LogP contribution is -2.08. The SMILES string of the molecule is O=C(c1coc(S(=O)(=O)O)c1)n1cccc1. The van der Waals surface area contributed by atoms with E-state index in [-0.39, 0.29) is 5.56 Å². The van der Waals surface area contributed by atoms with Crippen LogP contribution < -0.4 is 0 Å². The van der Waals surface area contributed by atoms with Gasteiger partial charge >= 0.3 is 10.1 Å². The Morgan fingerprint density at radius 1 is 1.31 bits per heavy atom. The maximum absolute atomic E-state index is 11.7. The molecule has 0 radical (unpaired) electrons. The molecule has 0 saturated heterocycles. The largest absolute Gasteiger partial charge is 0.450 e. The smallest absolute Gasteiger partial charge is 0.328 e. The van der Waals surface area contributed by atoms with Crippen LogP contribution in [0.2, 0.25) is 0 Å². The van der Waals surface area contributed by atoms with Gasteiger partial charge in [-0.1, -0.05) is 0 Å². The van der Waals surface area contributed by atoms with E-state index in [1.165, 1.54) is 17.0 Å². The van der Waals surface area contributed by atoms with Crippen LogP contribution in [0.5, 0.6) is 0 Å². The third kappa shape index (κ3) is 1.90. The Hall–Kier alpha value is -1.86. The number of carbonyl (C=O) groups is 1. The summed E-state index contributed by atoms with van der Waals surface area (Å²) in [7, 11) is -4.41. The van der Waals surface area contributed by atoms with Gasteiger partial charge < -0.3 is 4.42 Å². The van der Waals surface area contributed by atoms with Crippen molar-refractivity contribution in [1.82, 2.24) is 4.57 Å². The minimum Gasteiger partial charge on any atom is -0.450 e. The molecule has 16 heavy (non-hydrogen) atoms. The minimum atomic E-state index is -4.41. The number of furan rings is 1. The lowest BCUT2D eigenvalue weighted by molar-refractivity contribution is 0.0959. The first kappa shape index (κ1) is 10.7. The average molecular weight is 241 g/mol. The predicted octanol–water partition coefficient (Wildman–Crippen LogP) is 1.02. The second kappa shape index (κ2) is 3.62. The van der Waals surface area contributed by atoms with E-state index in [4.69, 9.17) is 4.55 Å². The Morgan fingerprint density at radius 3 is 2.44 bits per heavy atom. The number of rotatable bonds is 2. The Kier molecular flexibility index (Phi) is 2.41. The standard InChI is InChI=1S/C9H7NO5S/c11-9(10-3-1-2-4-10)7-5-8(15-6-7)16(12,13)14/h1-6H,(H,12,13,14). The van der Waals surface area contributed by atoms with Crippen molar-refractivity contribution < 1.29 is 22.2 Å². The first-order valence-electron chi connectivity index (χ1n) is 4.22. The predicted molar refractivity (Wildman–Crippen MR) is 52.7 cm³/mol. The molecule has 6 nitrogen and oxygen atoms in total. The van der Waals surface area contributed by atoms with Crippen LogP contribution >= 0.6 is 0 Å². The molecule has 0 aliphatic carbocycles. The molecule has 0 aliphatic rings. The maximum atomic E-state index is 11.7. The van der Waals surface area contributed by atoms with Gasteiger partial charge in [-0.2, -0.15) is 8.42 Å². The van der Waals surface area contributed by atoms with E-state index in [1.54, 1.807) is 12.1 Å². The first-order valence-corrected chi connectivity index (χ1v) is 5.66. The van der Waals surface area contributed by atoms with Crippen molar-refractivity contribution in [2.24, 2.45) is 0 Å². The van der Waals surface area contributed by atoms with Crippen LogP contribution in [0, 0.1) is 0 Å². The third-order valence-corrected chi connectivity index (χ3v) is 2.64. The van der Waals surface area contributed by atoms with Gasteiger partial charge in [-0.15, -0.1) is 0 Å². The molecule has 0 bridgehead atoms. The van der Waals surface area contributed by atoms with Gasteiger partial charge in [0.25, 0.3) is 5.91 Å². The molecule has 2 rings (SSSR count). The van der Waals surface area contributed by atoms with Gasteiger partial charge in [0.2, 0.25) is 5.09 Å². The van der Waals surface area contributed by atoms with Crippen LogP contribution in [0.4, 0.5) is 0 Å². The summed E-state index contributed by atoms with van der Waals surface area (Å²) in [5, 5.41) is -0.650. The highest BCUT2D eigenvalue weighted by atomic mass is 32.2. The number of hydrogen-bond acceptors (Lipinski definition) is 4. The zero-order valence-electron chi connectivity index (χ0n) is 7.90. The summed E-state index contributed by atoms with van der Waals surface area (Å²) >= 11 is 0. The Balaban J connectivity index is 2.37. The van der Waals surface area contributed by atoms with Crippen LogP contribution in [-0.2, 0) is 10.1 Å². The van der Waals surface area contributed by atoms with E-state index in [0.717, 1.165) is 12.3 Å².